The van der Waals surface area contributed by atoms with Crippen molar-refractivity contribution in [1.29, 1.82) is 0 Å². The minimum atomic E-state index is -1.25. The summed E-state index contributed by atoms with van der Waals surface area (Å²) in [6.45, 7) is 0. The summed E-state index contributed by atoms with van der Waals surface area (Å²) in [5.41, 5.74) is 10.7. The van der Waals surface area contributed by atoms with Crippen molar-refractivity contribution in [3.63, 3.8) is 0 Å². The first-order valence-electron chi connectivity index (χ1n) is 5.97. The number of aliphatic carboxylic acids is 1. The maximum atomic E-state index is 11.8. The van der Waals surface area contributed by atoms with E-state index < -0.39 is 24.3 Å². The zero-order chi connectivity index (χ0) is 13.7. The summed E-state index contributed by atoms with van der Waals surface area (Å²) in [6, 6.07) is -1.12. The van der Waals surface area contributed by atoms with Crippen molar-refractivity contribution in [1.82, 2.24) is 5.32 Å². The lowest BCUT2D eigenvalue weighted by Crippen LogP contribution is -2.46. The van der Waals surface area contributed by atoms with Gasteiger partial charge < -0.3 is 21.9 Å². The maximum absolute atomic E-state index is 11.8. The van der Waals surface area contributed by atoms with Gasteiger partial charge in [0, 0.05) is 12.0 Å². The van der Waals surface area contributed by atoms with Crippen molar-refractivity contribution in [3.8, 4) is 0 Å². The Bertz CT molecular complexity index is 337. The standard InChI is InChI=1S/C11H19N3O4/c12-7-3-1-6(2-4-7)10(16)14-8(11(17)18)5-9(13)15/h6-8H,1-5,12H2,(H2,13,15)(H,14,16)(H,17,18)/t6?,7?,8-/m0/s1. The summed E-state index contributed by atoms with van der Waals surface area (Å²) >= 11 is 0. The Balaban J connectivity index is 2.50. The van der Waals surface area contributed by atoms with Crippen LogP contribution in [0.1, 0.15) is 32.1 Å². The number of carboxylic acid groups (broad SMARTS) is 1. The van der Waals surface area contributed by atoms with E-state index in [1.807, 2.05) is 0 Å². The van der Waals surface area contributed by atoms with Crippen molar-refractivity contribution in [2.24, 2.45) is 17.4 Å². The Hall–Kier alpha value is -1.63. The van der Waals surface area contributed by atoms with Crippen LogP contribution in [0.3, 0.4) is 0 Å². The number of primary amides is 1. The number of carboxylic acids is 1. The molecule has 2 amide bonds. The number of carbonyl (C=O) groups excluding carboxylic acids is 2. The molecule has 0 unspecified atom stereocenters. The second-order valence-corrected chi connectivity index (χ2v) is 4.68. The molecule has 0 saturated heterocycles. The molecule has 1 fully saturated rings. The second kappa shape index (κ2) is 6.34. The average molecular weight is 257 g/mol. The molecule has 18 heavy (non-hydrogen) atoms. The molecule has 0 radical (unpaired) electrons. The fraction of sp³-hybridized carbons (Fsp3) is 0.727. The fourth-order valence-electron chi connectivity index (χ4n) is 2.07. The van der Waals surface area contributed by atoms with Gasteiger partial charge in [0.2, 0.25) is 11.8 Å². The first kappa shape index (κ1) is 14.4. The van der Waals surface area contributed by atoms with Crippen LogP contribution in [0.15, 0.2) is 0 Å². The molecule has 0 spiro atoms. The van der Waals surface area contributed by atoms with Gasteiger partial charge in [-0.15, -0.1) is 0 Å². The third-order valence-electron chi connectivity index (χ3n) is 3.16. The summed E-state index contributed by atoms with van der Waals surface area (Å²) in [7, 11) is 0. The zero-order valence-corrected chi connectivity index (χ0v) is 10.1. The fourth-order valence-corrected chi connectivity index (χ4v) is 2.07. The van der Waals surface area contributed by atoms with E-state index in [4.69, 9.17) is 16.6 Å². The number of nitrogens with two attached hydrogens (primary N) is 2. The van der Waals surface area contributed by atoms with Gasteiger partial charge in [-0.2, -0.15) is 0 Å². The van der Waals surface area contributed by atoms with Gasteiger partial charge in [-0.3, -0.25) is 9.59 Å². The topological polar surface area (TPSA) is 136 Å². The highest BCUT2D eigenvalue weighted by molar-refractivity contribution is 5.88. The Morgan fingerprint density at radius 2 is 1.78 bits per heavy atom. The first-order chi connectivity index (χ1) is 8.40. The van der Waals surface area contributed by atoms with Gasteiger partial charge in [0.15, 0.2) is 0 Å². The predicted octanol–water partition coefficient (Wildman–Crippen LogP) is -1.05. The van der Waals surface area contributed by atoms with Gasteiger partial charge in [0.25, 0.3) is 0 Å². The molecule has 6 N–H and O–H groups in total. The molecule has 1 aliphatic carbocycles. The minimum Gasteiger partial charge on any atom is -0.480 e. The zero-order valence-electron chi connectivity index (χ0n) is 10.1. The van der Waals surface area contributed by atoms with Crippen molar-refractivity contribution in [3.05, 3.63) is 0 Å². The van der Waals surface area contributed by atoms with Crippen LogP contribution in [-0.2, 0) is 14.4 Å². The number of nitrogens with one attached hydrogen (secondary N) is 1. The number of hydrogen-bond donors (Lipinski definition) is 4. The monoisotopic (exact) mass is 257 g/mol. The van der Waals surface area contributed by atoms with Crippen molar-refractivity contribution < 1.29 is 19.5 Å². The van der Waals surface area contributed by atoms with Crippen LogP contribution >= 0.6 is 0 Å². The Morgan fingerprint density at radius 1 is 1.22 bits per heavy atom. The summed E-state index contributed by atoms with van der Waals surface area (Å²) < 4.78 is 0. The van der Waals surface area contributed by atoms with Crippen molar-refractivity contribution >= 4 is 17.8 Å². The molecular formula is C11H19N3O4. The molecule has 7 heteroatoms. The van der Waals surface area contributed by atoms with E-state index in [-0.39, 0.29) is 17.9 Å². The van der Waals surface area contributed by atoms with Gasteiger partial charge >= 0.3 is 5.97 Å². The first-order valence-corrected chi connectivity index (χ1v) is 5.97. The van der Waals surface area contributed by atoms with E-state index in [2.05, 4.69) is 5.32 Å². The summed E-state index contributed by atoms with van der Waals surface area (Å²) in [4.78, 5) is 33.4. The molecule has 102 valence electrons. The second-order valence-electron chi connectivity index (χ2n) is 4.68. The number of rotatable bonds is 5. The summed E-state index contributed by atoms with van der Waals surface area (Å²) in [5, 5.41) is 11.2. The van der Waals surface area contributed by atoms with E-state index in [9.17, 15) is 14.4 Å². The van der Waals surface area contributed by atoms with E-state index in [1.165, 1.54) is 0 Å². The Labute approximate surface area is 105 Å². The quantitative estimate of drug-likeness (QED) is 0.498. The summed E-state index contributed by atoms with van der Waals surface area (Å²) in [6.07, 6.45) is 2.41. The van der Waals surface area contributed by atoms with Gasteiger partial charge in [-0.25, -0.2) is 4.79 Å². The van der Waals surface area contributed by atoms with E-state index in [1.54, 1.807) is 0 Å². The Kier molecular flexibility index (Phi) is 5.08. The molecule has 1 rings (SSSR count). The number of hydrogen-bond acceptors (Lipinski definition) is 4. The average Bonchev–Trinajstić information content (AvgIpc) is 2.28. The summed E-state index contributed by atoms with van der Waals surface area (Å²) in [5.74, 6) is -2.57. The van der Waals surface area contributed by atoms with E-state index >= 15 is 0 Å². The normalized spacial score (nSPS) is 25.2. The third-order valence-corrected chi connectivity index (χ3v) is 3.16. The van der Waals surface area contributed by atoms with Gasteiger partial charge in [0.1, 0.15) is 6.04 Å². The van der Waals surface area contributed by atoms with Gasteiger partial charge in [-0.1, -0.05) is 0 Å². The predicted molar refractivity (Wildman–Crippen MR) is 63.3 cm³/mol. The van der Waals surface area contributed by atoms with Gasteiger partial charge in [0.05, 0.1) is 6.42 Å². The molecule has 0 aromatic rings. The molecule has 1 atom stereocenters. The van der Waals surface area contributed by atoms with Crippen LogP contribution in [0.2, 0.25) is 0 Å². The van der Waals surface area contributed by atoms with Crippen molar-refractivity contribution in [2.45, 2.75) is 44.2 Å². The smallest absolute Gasteiger partial charge is 0.326 e. The lowest BCUT2D eigenvalue weighted by Gasteiger charge is -2.26. The lowest BCUT2D eigenvalue weighted by atomic mass is 9.86. The SMILES string of the molecule is NC(=O)C[C@H](NC(=O)C1CCC(N)CC1)C(=O)O. The Morgan fingerprint density at radius 3 is 2.22 bits per heavy atom. The van der Waals surface area contributed by atoms with Crippen LogP contribution in [0.25, 0.3) is 0 Å². The molecule has 0 heterocycles. The van der Waals surface area contributed by atoms with Crippen LogP contribution in [0, 0.1) is 5.92 Å². The lowest BCUT2D eigenvalue weighted by molar-refractivity contribution is -0.144. The molecule has 0 aromatic heterocycles. The molecule has 1 aliphatic rings. The van der Waals surface area contributed by atoms with Crippen LogP contribution in [0.5, 0.6) is 0 Å². The third kappa shape index (κ3) is 4.33. The number of amides is 2. The van der Waals surface area contributed by atoms with E-state index in [0.29, 0.717) is 12.8 Å². The molecular weight excluding hydrogens is 238 g/mol. The van der Waals surface area contributed by atoms with E-state index in [0.717, 1.165) is 12.8 Å². The molecule has 0 aromatic carbocycles. The molecule has 0 aliphatic heterocycles. The highest BCUT2D eigenvalue weighted by Crippen LogP contribution is 2.23. The van der Waals surface area contributed by atoms with Crippen molar-refractivity contribution in [2.75, 3.05) is 0 Å². The molecule has 1 saturated carbocycles. The highest BCUT2D eigenvalue weighted by atomic mass is 16.4. The molecule has 7 nitrogen and oxygen atoms in total. The van der Waals surface area contributed by atoms with Gasteiger partial charge in [-0.05, 0) is 25.7 Å². The molecule has 0 bridgehead atoms. The van der Waals surface area contributed by atoms with Crippen LogP contribution in [0.4, 0.5) is 0 Å². The van der Waals surface area contributed by atoms with Crippen LogP contribution < -0.4 is 16.8 Å². The number of carbonyl (C=O) groups is 3. The maximum Gasteiger partial charge on any atom is 0.326 e. The minimum absolute atomic E-state index is 0.120. The highest BCUT2D eigenvalue weighted by Gasteiger charge is 2.28. The van der Waals surface area contributed by atoms with Crippen LogP contribution in [-0.4, -0.2) is 35.0 Å². The largest absolute Gasteiger partial charge is 0.480 e.